The third kappa shape index (κ3) is 1.54. The van der Waals surface area contributed by atoms with E-state index in [9.17, 15) is 0 Å². The minimum Gasteiger partial charge on any atom is -0.454 e. The number of benzene rings is 1. The van der Waals surface area contributed by atoms with Gasteiger partial charge in [-0.25, -0.2) is 0 Å². The Hall–Kier alpha value is -1.75. The summed E-state index contributed by atoms with van der Waals surface area (Å²) >= 11 is 3.50. The summed E-state index contributed by atoms with van der Waals surface area (Å²) < 4.78 is 8.50. The maximum Gasteiger partial charge on any atom is 0.155 e. The van der Waals surface area contributed by atoms with Crippen molar-refractivity contribution in [3.8, 4) is 11.5 Å². The van der Waals surface area contributed by atoms with Gasteiger partial charge in [-0.2, -0.15) is 5.10 Å². The molecule has 0 saturated heterocycles. The maximum atomic E-state index is 5.88. The summed E-state index contributed by atoms with van der Waals surface area (Å²) in [4.78, 5) is 0. The van der Waals surface area contributed by atoms with E-state index in [-0.39, 0.29) is 0 Å². The lowest BCUT2D eigenvalue weighted by atomic mass is 10.2. The van der Waals surface area contributed by atoms with Crippen molar-refractivity contribution in [1.29, 1.82) is 0 Å². The number of nitrogens with two attached hydrogens (primary N) is 1. The van der Waals surface area contributed by atoms with Crippen molar-refractivity contribution in [1.82, 2.24) is 9.78 Å². The van der Waals surface area contributed by atoms with Crippen molar-refractivity contribution in [3.05, 3.63) is 34.9 Å². The van der Waals surface area contributed by atoms with Crippen molar-refractivity contribution in [2.24, 2.45) is 7.05 Å². The van der Waals surface area contributed by atoms with Crippen molar-refractivity contribution >= 4 is 32.6 Å². The van der Waals surface area contributed by atoms with E-state index in [1.54, 1.807) is 10.9 Å². The Morgan fingerprint density at radius 2 is 2.24 bits per heavy atom. The van der Waals surface area contributed by atoms with Crippen LogP contribution in [-0.2, 0) is 7.05 Å². The molecule has 0 unspecified atom stereocenters. The highest BCUT2D eigenvalue weighted by atomic mass is 79.9. The second kappa shape index (κ2) is 3.63. The molecule has 2 aromatic heterocycles. The van der Waals surface area contributed by atoms with E-state index in [0.29, 0.717) is 5.69 Å². The zero-order valence-corrected chi connectivity index (χ0v) is 10.7. The molecule has 0 aliphatic heterocycles. The van der Waals surface area contributed by atoms with Crippen LogP contribution in [0.1, 0.15) is 0 Å². The van der Waals surface area contributed by atoms with Crippen LogP contribution in [0.4, 0.5) is 5.69 Å². The molecule has 0 spiro atoms. The Balaban J connectivity index is 2.29. The summed E-state index contributed by atoms with van der Waals surface area (Å²) in [7, 11) is 1.84. The summed E-state index contributed by atoms with van der Waals surface area (Å²) in [6.45, 7) is 0. The van der Waals surface area contributed by atoms with Crippen molar-refractivity contribution in [3.63, 3.8) is 0 Å². The number of aromatic nitrogens is 2. The summed E-state index contributed by atoms with van der Waals surface area (Å²) in [5, 5.41) is 5.14. The molecule has 3 aromatic rings. The topological polar surface area (TPSA) is 57.0 Å². The lowest BCUT2D eigenvalue weighted by Crippen LogP contribution is -1.94. The van der Waals surface area contributed by atoms with Crippen molar-refractivity contribution in [2.75, 3.05) is 5.73 Å². The highest BCUT2D eigenvalue weighted by Crippen LogP contribution is 2.34. The van der Waals surface area contributed by atoms with E-state index < -0.39 is 0 Å². The number of nitrogens with zero attached hydrogens (tertiary/aromatic N) is 2. The van der Waals surface area contributed by atoms with Gasteiger partial charge < -0.3 is 10.2 Å². The SMILES string of the molecule is Cn1ncc(N)c1-c1cc2c(Br)cccc2o1. The Morgan fingerprint density at radius 1 is 1.41 bits per heavy atom. The Bertz CT molecular complexity index is 679. The number of rotatable bonds is 1. The van der Waals surface area contributed by atoms with Crippen LogP contribution in [0.15, 0.2) is 39.4 Å². The fraction of sp³-hybridized carbons (Fsp3) is 0.0833. The van der Waals surface area contributed by atoms with E-state index >= 15 is 0 Å². The van der Waals surface area contributed by atoms with Gasteiger partial charge in [0.1, 0.15) is 11.3 Å². The minimum atomic E-state index is 0.614. The number of halogens is 1. The molecule has 17 heavy (non-hydrogen) atoms. The standard InChI is InChI=1S/C12H10BrN3O/c1-16-12(9(14)6-15-16)11-5-7-8(13)3-2-4-10(7)17-11/h2-6H,14H2,1H3. The van der Waals surface area contributed by atoms with E-state index in [4.69, 9.17) is 10.2 Å². The molecule has 0 saturated carbocycles. The highest BCUT2D eigenvalue weighted by Gasteiger charge is 2.14. The van der Waals surface area contributed by atoms with Crippen LogP contribution in [0.25, 0.3) is 22.4 Å². The van der Waals surface area contributed by atoms with Crippen LogP contribution in [0, 0.1) is 0 Å². The predicted octanol–water partition coefficient (Wildman–Crippen LogP) is 3.18. The predicted molar refractivity (Wildman–Crippen MR) is 70.5 cm³/mol. The average molecular weight is 292 g/mol. The number of hydrogen-bond acceptors (Lipinski definition) is 3. The van der Waals surface area contributed by atoms with E-state index in [1.807, 2.05) is 31.3 Å². The second-order valence-electron chi connectivity index (χ2n) is 3.83. The molecule has 4 nitrogen and oxygen atoms in total. The number of anilines is 1. The van der Waals surface area contributed by atoms with E-state index in [2.05, 4.69) is 21.0 Å². The largest absolute Gasteiger partial charge is 0.454 e. The third-order valence-corrected chi connectivity index (χ3v) is 3.40. The Kier molecular flexibility index (Phi) is 2.22. The lowest BCUT2D eigenvalue weighted by molar-refractivity contribution is 0.618. The van der Waals surface area contributed by atoms with Gasteiger partial charge in [-0.05, 0) is 18.2 Å². The first-order chi connectivity index (χ1) is 8.16. The highest BCUT2D eigenvalue weighted by molar-refractivity contribution is 9.10. The molecule has 0 bridgehead atoms. The summed E-state index contributed by atoms with van der Waals surface area (Å²) in [6, 6.07) is 7.81. The fourth-order valence-corrected chi connectivity index (χ4v) is 2.36. The number of hydrogen-bond donors (Lipinski definition) is 1. The third-order valence-electron chi connectivity index (χ3n) is 2.71. The molecule has 3 rings (SSSR count). The molecular weight excluding hydrogens is 282 g/mol. The van der Waals surface area contributed by atoms with Gasteiger partial charge in [-0.3, -0.25) is 4.68 Å². The quantitative estimate of drug-likeness (QED) is 0.749. The van der Waals surface area contributed by atoms with Crippen LogP contribution in [-0.4, -0.2) is 9.78 Å². The first-order valence-corrected chi connectivity index (χ1v) is 5.92. The first kappa shape index (κ1) is 10.4. The molecule has 2 heterocycles. The zero-order chi connectivity index (χ0) is 12.0. The van der Waals surface area contributed by atoms with Crippen LogP contribution in [0.5, 0.6) is 0 Å². The molecule has 5 heteroatoms. The summed E-state index contributed by atoms with van der Waals surface area (Å²) in [5.41, 5.74) is 8.12. The van der Waals surface area contributed by atoms with Gasteiger partial charge >= 0.3 is 0 Å². The second-order valence-corrected chi connectivity index (χ2v) is 4.69. The van der Waals surface area contributed by atoms with E-state index in [0.717, 1.165) is 26.9 Å². The molecule has 2 N–H and O–H groups in total. The number of nitrogen functional groups attached to an aromatic ring is 1. The van der Waals surface area contributed by atoms with Gasteiger partial charge in [0, 0.05) is 16.9 Å². The normalized spacial score (nSPS) is 11.2. The van der Waals surface area contributed by atoms with Crippen molar-refractivity contribution < 1.29 is 4.42 Å². The minimum absolute atomic E-state index is 0.614. The number of aryl methyl sites for hydroxylation is 1. The summed E-state index contributed by atoms with van der Waals surface area (Å²) in [5.74, 6) is 0.726. The van der Waals surface area contributed by atoms with Gasteiger partial charge in [0.25, 0.3) is 0 Å². The molecule has 0 amide bonds. The van der Waals surface area contributed by atoms with Crippen LogP contribution in [0.2, 0.25) is 0 Å². The monoisotopic (exact) mass is 291 g/mol. The summed E-state index contributed by atoms with van der Waals surface area (Å²) in [6.07, 6.45) is 1.62. The molecule has 0 atom stereocenters. The van der Waals surface area contributed by atoms with Gasteiger partial charge in [0.2, 0.25) is 0 Å². The molecule has 0 aliphatic carbocycles. The first-order valence-electron chi connectivity index (χ1n) is 5.12. The van der Waals surface area contributed by atoms with E-state index in [1.165, 1.54) is 0 Å². The molecular formula is C12H10BrN3O. The smallest absolute Gasteiger partial charge is 0.155 e. The Labute approximate surface area is 106 Å². The number of fused-ring (bicyclic) bond motifs is 1. The van der Waals surface area contributed by atoms with Gasteiger partial charge in [-0.15, -0.1) is 0 Å². The van der Waals surface area contributed by atoms with Gasteiger partial charge in [-0.1, -0.05) is 22.0 Å². The molecule has 86 valence electrons. The molecule has 0 aliphatic rings. The molecule has 0 radical (unpaired) electrons. The van der Waals surface area contributed by atoms with Crippen LogP contribution >= 0.6 is 15.9 Å². The van der Waals surface area contributed by atoms with Crippen LogP contribution < -0.4 is 5.73 Å². The molecule has 1 aromatic carbocycles. The fourth-order valence-electron chi connectivity index (χ4n) is 1.90. The van der Waals surface area contributed by atoms with Crippen LogP contribution in [0.3, 0.4) is 0 Å². The zero-order valence-electron chi connectivity index (χ0n) is 9.14. The van der Waals surface area contributed by atoms with Crippen molar-refractivity contribution in [2.45, 2.75) is 0 Å². The van der Waals surface area contributed by atoms with Gasteiger partial charge in [0.05, 0.1) is 11.9 Å². The Morgan fingerprint density at radius 3 is 2.88 bits per heavy atom. The van der Waals surface area contributed by atoms with Gasteiger partial charge in [0.15, 0.2) is 5.76 Å². The maximum absolute atomic E-state index is 5.88. The average Bonchev–Trinajstić information content (AvgIpc) is 2.84. The molecule has 0 fully saturated rings. The lowest BCUT2D eigenvalue weighted by Gasteiger charge is -1.98. The number of furan rings is 1.